The van der Waals surface area contributed by atoms with Crippen molar-refractivity contribution in [2.24, 2.45) is 5.92 Å². The second-order valence-electron chi connectivity index (χ2n) is 7.02. The normalized spacial score (nSPS) is 13.3. The maximum Gasteiger partial charge on any atom is 0.251 e. The van der Waals surface area contributed by atoms with Crippen molar-refractivity contribution in [2.45, 2.75) is 19.9 Å². The van der Waals surface area contributed by atoms with E-state index >= 15 is 0 Å². The summed E-state index contributed by atoms with van der Waals surface area (Å²) in [6.45, 7) is 4.06. The summed E-state index contributed by atoms with van der Waals surface area (Å²) in [5.41, 5.74) is 1.39. The predicted octanol–water partition coefficient (Wildman–Crippen LogP) is 2.69. The number of fused-ring (bicyclic) bond motifs is 1. The summed E-state index contributed by atoms with van der Waals surface area (Å²) in [7, 11) is 0. The summed E-state index contributed by atoms with van der Waals surface area (Å²) < 4.78 is 10.6. The number of nitrogens with one attached hydrogen (secondary N) is 2. The smallest absolute Gasteiger partial charge is 0.251 e. The van der Waals surface area contributed by atoms with Crippen molar-refractivity contribution in [1.29, 1.82) is 0 Å². The molecule has 1 aliphatic heterocycles. The van der Waals surface area contributed by atoms with Gasteiger partial charge in [0, 0.05) is 29.6 Å². The van der Waals surface area contributed by atoms with Crippen LogP contribution in [0.1, 0.15) is 35.9 Å². The number of hydrogen-bond acceptors (Lipinski definition) is 6. The van der Waals surface area contributed by atoms with Crippen molar-refractivity contribution in [3.63, 3.8) is 0 Å². The van der Waals surface area contributed by atoms with E-state index in [-0.39, 0.29) is 24.2 Å². The number of carbonyl (C=O) groups excluding carboxylic acids is 1. The molecule has 29 heavy (non-hydrogen) atoms. The van der Waals surface area contributed by atoms with Crippen LogP contribution < -0.4 is 20.3 Å². The van der Waals surface area contributed by atoms with Crippen LogP contribution in [0.5, 0.6) is 11.5 Å². The third kappa shape index (κ3) is 3.96. The largest absolute Gasteiger partial charge is 0.454 e. The first-order valence-corrected chi connectivity index (χ1v) is 9.23. The van der Waals surface area contributed by atoms with Crippen LogP contribution in [0.15, 0.2) is 53.6 Å². The summed E-state index contributed by atoms with van der Waals surface area (Å²) in [6, 6.07) is 9.51. The third-order valence-corrected chi connectivity index (χ3v) is 4.62. The summed E-state index contributed by atoms with van der Waals surface area (Å²) in [5, 5.41) is 2.98. The first-order valence-electron chi connectivity index (χ1n) is 9.23. The van der Waals surface area contributed by atoms with E-state index in [4.69, 9.17) is 9.47 Å². The molecule has 0 aliphatic carbocycles. The van der Waals surface area contributed by atoms with Gasteiger partial charge in [-0.3, -0.25) is 14.6 Å². The van der Waals surface area contributed by atoms with E-state index in [1.54, 1.807) is 42.7 Å². The molecule has 0 saturated heterocycles. The van der Waals surface area contributed by atoms with E-state index in [1.807, 2.05) is 13.8 Å². The number of pyridine rings is 1. The van der Waals surface area contributed by atoms with Gasteiger partial charge < -0.3 is 19.8 Å². The van der Waals surface area contributed by atoms with Crippen LogP contribution in [-0.4, -0.2) is 27.7 Å². The van der Waals surface area contributed by atoms with E-state index in [0.717, 1.165) is 5.56 Å². The fraction of sp³-hybridized carbons (Fsp3) is 0.238. The van der Waals surface area contributed by atoms with Gasteiger partial charge in [-0.2, -0.15) is 0 Å². The lowest BCUT2D eigenvalue weighted by molar-refractivity contribution is 0.0924. The van der Waals surface area contributed by atoms with Gasteiger partial charge in [0.2, 0.25) is 6.79 Å². The molecule has 1 amide bonds. The number of rotatable bonds is 5. The Kier molecular flexibility index (Phi) is 4.99. The molecular weight excluding hydrogens is 372 g/mol. The standard InChI is InChI=1S/C21H20N4O4/c1-12(2)19(25-21(27)14-3-4-16-17(9-14)29-11-28-16)15-10-18(26)24-20(23-15)13-5-7-22-8-6-13/h3-10,12,19H,11H2,1-2H3,(H,25,27)(H,23,24,26)/t19-/m0/s1. The molecule has 1 aliphatic rings. The molecule has 8 nitrogen and oxygen atoms in total. The van der Waals surface area contributed by atoms with Crippen molar-refractivity contribution in [3.8, 4) is 22.9 Å². The van der Waals surface area contributed by atoms with Crippen molar-refractivity contribution < 1.29 is 14.3 Å². The lowest BCUT2D eigenvalue weighted by atomic mass is 9.99. The molecule has 3 heterocycles. The van der Waals surface area contributed by atoms with Gasteiger partial charge in [-0.1, -0.05) is 13.8 Å². The fourth-order valence-electron chi connectivity index (χ4n) is 3.13. The number of ether oxygens (including phenoxy) is 2. The fourth-order valence-corrected chi connectivity index (χ4v) is 3.13. The topological polar surface area (TPSA) is 106 Å². The highest BCUT2D eigenvalue weighted by Crippen LogP contribution is 2.32. The Labute approximate surface area is 166 Å². The van der Waals surface area contributed by atoms with Crippen molar-refractivity contribution >= 4 is 5.91 Å². The number of amides is 1. The molecule has 3 aromatic rings. The monoisotopic (exact) mass is 392 g/mol. The average Bonchev–Trinajstić information content (AvgIpc) is 3.19. The van der Waals surface area contributed by atoms with Gasteiger partial charge in [0.15, 0.2) is 11.5 Å². The van der Waals surface area contributed by atoms with E-state index in [9.17, 15) is 9.59 Å². The minimum Gasteiger partial charge on any atom is -0.454 e. The predicted molar refractivity (Wildman–Crippen MR) is 106 cm³/mol. The highest BCUT2D eigenvalue weighted by Gasteiger charge is 2.23. The lowest BCUT2D eigenvalue weighted by Crippen LogP contribution is -2.33. The number of aromatic amines is 1. The van der Waals surface area contributed by atoms with Gasteiger partial charge in [0.25, 0.3) is 11.5 Å². The third-order valence-electron chi connectivity index (χ3n) is 4.62. The summed E-state index contributed by atoms with van der Waals surface area (Å²) in [4.78, 5) is 36.4. The number of carbonyl (C=O) groups is 1. The highest BCUT2D eigenvalue weighted by molar-refractivity contribution is 5.95. The molecule has 0 fully saturated rings. The second-order valence-corrected chi connectivity index (χ2v) is 7.02. The zero-order valence-electron chi connectivity index (χ0n) is 16.0. The minimum atomic E-state index is -0.448. The van der Waals surface area contributed by atoms with Crippen LogP contribution in [0.25, 0.3) is 11.4 Å². The van der Waals surface area contributed by atoms with E-state index in [2.05, 4.69) is 20.3 Å². The molecule has 0 spiro atoms. The molecule has 0 unspecified atom stereocenters. The molecule has 148 valence electrons. The second kappa shape index (κ2) is 7.75. The van der Waals surface area contributed by atoms with Crippen LogP contribution in [0, 0.1) is 5.92 Å². The Bertz CT molecular complexity index is 1100. The molecule has 0 saturated carbocycles. The Morgan fingerprint density at radius 3 is 2.62 bits per heavy atom. The molecule has 4 rings (SSSR count). The molecule has 2 N–H and O–H groups in total. The van der Waals surface area contributed by atoms with Crippen molar-refractivity contribution in [3.05, 3.63) is 70.4 Å². The van der Waals surface area contributed by atoms with Gasteiger partial charge >= 0.3 is 0 Å². The Hall–Kier alpha value is -3.68. The number of hydrogen-bond donors (Lipinski definition) is 2. The molecular formula is C21H20N4O4. The Morgan fingerprint density at radius 1 is 1.10 bits per heavy atom. The van der Waals surface area contributed by atoms with Gasteiger partial charge in [0.1, 0.15) is 5.82 Å². The van der Waals surface area contributed by atoms with Gasteiger partial charge in [-0.05, 0) is 36.2 Å². The molecule has 1 atom stereocenters. The Morgan fingerprint density at radius 2 is 1.86 bits per heavy atom. The molecule has 2 aromatic heterocycles. The van der Waals surface area contributed by atoms with E-state index < -0.39 is 6.04 Å². The maximum absolute atomic E-state index is 12.8. The first kappa shape index (κ1) is 18.7. The molecule has 0 radical (unpaired) electrons. The van der Waals surface area contributed by atoms with Crippen LogP contribution in [0.4, 0.5) is 0 Å². The minimum absolute atomic E-state index is 0.00699. The lowest BCUT2D eigenvalue weighted by Gasteiger charge is -2.22. The van der Waals surface area contributed by atoms with Crippen LogP contribution in [-0.2, 0) is 0 Å². The van der Waals surface area contributed by atoms with Crippen LogP contribution >= 0.6 is 0 Å². The van der Waals surface area contributed by atoms with E-state index in [1.165, 1.54) is 6.07 Å². The average molecular weight is 392 g/mol. The SMILES string of the molecule is CC(C)[C@H](NC(=O)c1ccc2c(c1)OCO2)c1cc(=O)[nH]c(-c2ccncc2)n1. The number of benzene rings is 1. The molecule has 0 bridgehead atoms. The van der Waals surface area contributed by atoms with E-state index in [0.29, 0.717) is 28.6 Å². The quantitative estimate of drug-likeness (QED) is 0.691. The summed E-state index contributed by atoms with van der Waals surface area (Å²) >= 11 is 0. The zero-order valence-corrected chi connectivity index (χ0v) is 16.0. The summed E-state index contributed by atoms with van der Waals surface area (Å²) in [5.74, 6) is 1.30. The Balaban J connectivity index is 1.63. The number of nitrogens with zero attached hydrogens (tertiary/aromatic N) is 2. The van der Waals surface area contributed by atoms with Crippen LogP contribution in [0.2, 0.25) is 0 Å². The van der Waals surface area contributed by atoms with Gasteiger partial charge in [0.05, 0.1) is 11.7 Å². The first-order chi connectivity index (χ1) is 14.0. The van der Waals surface area contributed by atoms with Crippen molar-refractivity contribution in [1.82, 2.24) is 20.3 Å². The number of aromatic nitrogens is 3. The van der Waals surface area contributed by atoms with Crippen molar-refractivity contribution in [2.75, 3.05) is 6.79 Å². The maximum atomic E-state index is 12.8. The van der Waals surface area contributed by atoms with Gasteiger partial charge in [-0.25, -0.2) is 4.98 Å². The summed E-state index contributed by atoms with van der Waals surface area (Å²) in [6.07, 6.45) is 3.26. The zero-order chi connectivity index (χ0) is 20.4. The number of H-pyrrole nitrogens is 1. The molecule has 1 aromatic carbocycles. The van der Waals surface area contributed by atoms with Gasteiger partial charge in [-0.15, -0.1) is 0 Å². The van der Waals surface area contributed by atoms with Crippen LogP contribution in [0.3, 0.4) is 0 Å². The highest BCUT2D eigenvalue weighted by atomic mass is 16.7. The molecule has 8 heteroatoms.